The van der Waals surface area contributed by atoms with Crippen LogP contribution in [-0.2, 0) is 6.54 Å². The molecular formula is C9H9Cl2N3S. The monoisotopic (exact) mass is 261 g/mol. The molecule has 2 aromatic rings. The maximum atomic E-state index is 6.00. The van der Waals surface area contributed by atoms with Crippen LogP contribution in [0.5, 0.6) is 0 Å². The second-order valence-corrected chi connectivity index (χ2v) is 5.39. The van der Waals surface area contributed by atoms with Crippen molar-refractivity contribution in [3.63, 3.8) is 0 Å². The molecule has 0 aliphatic rings. The summed E-state index contributed by atoms with van der Waals surface area (Å²) in [5.74, 6) is 0. The molecular weight excluding hydrogens is 253 g/mol. The Labute approximate surface area is 102 Å². The molecule has 3 nitrogen and oxygen atoms in total. The summed E-state index contributed by atoms with van der Waals surface area (Å²) in [6, 6.07) is 1.93. The van der Waals surface area contributed by atoms with Gasteiger partial charge in [-0.15, -0.1) is 28.0 Å². The predicted molar refractivity (Wildman–Crippen MR) is 62.7 cm³/mol. The zero-order valence-electron chi connectivity index (χ0n) is 8.02. The molecule has 0 saturated carbocycles. The number of aromatic nitrogens is 3. The van der Waals surface area contributed by atoms with Crippen molar-refractivity contribution in [1.29, 1.82) is 0 Å². The first-order chi connectivity index (χ1) is 7.16. The lowest BCUT2D eigenvalue weighted by atomic mass is 10.3. The first kappa shape index (κ1) is 10.9. The Hall–Kier alpha value is -0.580. The van der Waals surface area contributed by atoms with E-state index in [0.717, 1.165) is 15.6 Å². The van der Waals surface area contributed by atoms with Crippen molar-refractivity contribution in [2.75, 3.05) is 0 Å². The number of nitrogens with zero attached hydrogens (tertiary/aromatic N) is 3. The highest BCUT2D eigenvalue weighted by molar-refractivity contribution is 7.14. The van der Waals surface area contributed by atoms with E-state index >= 15 is 0 Å². The van der Waals surface area contributed by atoms with Crippen LogP contribution < -0.4 is 0 Å². The topological polar surface area (TPSA) is 30.7 Å². The number of rotatable bonds is 3. The summed E-state index contributed by atoms with van der Waals surface area (Å²) in [6.07, 6.45) is 1.69. The number of hydrogen-bond donors (Lipinski definition) is 0. The molecule has 15 heavy (non-hydrogen) atoms. The number of alkyl halides is 1. The standard InChI is InChI=1S/C9H9Cl2N3S/c1-6(10)8-3-12-13-14(8)4-7-2-9(11)15-5-7/h2-3,5-6H,4H2,1H3. The summed E-state index contributed by atoms with van der Waals surface area (Å²) in [5.41, 5.74) is 2.04. The molecule has 2 heterocycles. The average molecular weight is 262 g/mol. The summed E-state index contributed by atoms with van der Waals surface area (Å²) in [4.78, 5) is 0. The van der Waals surface area contributed by atoms with Gasteiger partial charge in [-0.25, -0.2) is 4.68 Å². The minimum Gasteiger partial charge on any atom is -0.243 e. The van der Waals surface area contributed by atoms with Gasteiger partial charge in [0.25, 0.3) is 0 Å². The van der Waals surface area contributed by atoms with Crippen LogP contribution in [0.3, 0.4) is 0 Å². The number of thiophene rings is 1. The molecule has 0 radical (unpaired) electrons. The van der Waals surface area contributed by atoms with Gasteiger partial charge in [0.15, 0.2) is 0 Å². The zero-order valence-corrected chi connectivity index (χ0v) is 10.4. The van der Waals surface area contributed by atoms with E-state index in [2.05, 4.69) is 10.3 Å². The van der Waals surface area contributed by atoms with Gasteiger partial charge < -0.3 is 0 Å². The van der Waals surface area contributed by atoms with E-state index in [1.54, 1.807) is 10.9 Å². The molecule has 0 aliphatic heterocycles. The molecule has 0 fully saturated rings. The lowest BCUT2D eigenvalue weighted by molar-refractivity contribution is 0.619. The van der Waals surface area contributed by atoms with E-state index in [1.807, 2.05) is 18.4 Å². The second kappa shape index (κ2) is 4.51. The smallest absolute Gasteiger partial charge is 0.0931 e. The van der Waals surface area contributed by atoms with Gasteiger partial charge in [-0.3, -0.25) is 0 Å². The van der Waals surface area contributed by atoms with E-state index in [1.165, 1.54) is 11.3 Å². The fraction of sp³-hybridized carbons (Fsp3) is 0.333. The first-order valence-corrected chi connectivity index (χ1v) is 6.11. The summed E-state index contributed by atoms with van der Waals surface area (Å²) in [7, 11) is 0. The second-order valence-electron chi connectivity index (χ2n) is 3.19. The van der Waals surface area contributed by atoms with Crippen LogP contribution in [0.4, 0.5) is 0 Å². The summed E-state index contributed by atoms with van der Waals surface area (Å²) in [5, 5.41) is 9.75. The third kappa shape index (κ3) is 2.51. The fourth-order valence-corrected chi connectivity index (χ4v) is 2.37. The quantitative estimate of drug-likeness (QED) is 0.794. The van der Waals surface area contributed by atoms with Crippen LogP contribution in [0.1, 0.15) is 23.6 Å². The molecule has 1 unspecified atom stereocenters. The first-order valence-electron chi connectivity index (χ1n) is 4.42. The number of halogens is 2. The molecule has 0 bridgehead atoms. The van der Waals surface area contributed by atoms with Crippen LogP contribution in [0.15, 0.2) is 17.6 Å². The van der Waals surface area contributed by atoms with E-state index in [4.69, 9.17) is 23.2 Å². The highest BCUT2D eigenvalue weighted by Crippen LogP contribution is 2.22. The third-order valence-electron chi connectivity index (χ3n) is 2.01. The fourth-order valence-electron chi connectivity index (χ4n) is 1.30. The maximum absolute atomic E-state index is 6.00. The molecule has 2 aromatic heterocycles. The Morgan fingerprint density at radius 3 is 3.00 bits per heavy atom. The van der Waals surface area contributed by atoms with Gasteiger partial charge in [0.05, 0.1) is 28.1 Å². The molecule has 0 amide bonds. The molecule has 0 aromatic carbocycles. The maximum Gasteiger partial charge on any atom is 0.0931 e. The van der Waals surface area contributed by atoms with Gasteiger partial charge in [-0.1, -0.05) is 16.8 Å². The van der Waals surface area contributed by atoms with Crippen LogP contribution in [0.2, 0.25) is 4.34 Å². The van der Waals surface area contributed by atoms with Gasteiger partial charge in [-0.2, -0.15) is 0 Å². The molecule has 0 spiro atoms. The zero-order chi connectivity index (χ0) is 10.8. The van der Waals surface area contributed by atoms with Crippen molar-refractivity contribution >= 4 is 34.5 Å². The van der Waals surface area contributed by atoms with Crippen LogP contribution >= 0.6 is 34.5 Å². The normalized spacial score (nSPS) is 13.0. The Kier molecular flexibility index (Phi) is 3.29. The Morgan fingerprint density at radius 1 is 1.60 bits per heavy atom. The van der Waals surface area contributed by atoms with Crippen molar-refractivity contribution < 1.29 is 0 Å². The molecule has 0 saturated heterocycles. The minimum absolute atomic E-state index is 0.0888. The molecule has 1 atom stereocenters. The Bertz CT molecular complexity index is 450. The molecule has 80 valence electrons. The molecule has 0 aliphatic carbocycles. The van der Waals surface area contributed by atoms with Gasteiger partial charge >= 0.3 is 0 Å². The van der Waals surface area contributed by atoms with E-state index in [9.17, 15) is 0 Å². The Morgan fingerprint density at radius 2 is 2.40 bits per heavy atom. The van der Waals surface area contributed by atoms with Crippen molar-refractivity contribution in [2.45, 2.75) is 18.8 Å². The lowest BCUT2D eigenvalue weighted by Crippen LogP contribution is -2.06. The van der Waals surface area contributed by atoms with Crippen molar-refractivity contribution in [2.24, 2.45) is 0 Å². The van der Waals surface area contributed by atoms with Gasteiger partial charge in [0.2, 0.25) is 0 Å². The predicted octanol–water partition coefficient (Wildman–Crippen LogP) is 3.34. The van der Waals surface area contributed by atoms with Crippen molar-refractivity contribution in [3.05, 3.63) is 33.2 Å². The van der Waals surface area contributed by atoms with Gasteiger partial charge in [0, 0.05) is 0 Å². The summed E-state index contributed by atoms with van der Waals surface area (Å²) < 4.78 is 2.57. The molecule has 0 N–H and O–H groups in total. The average Bonchev–Trinajstić information content (AvgIpc) is 2.75. The van der Waals surface area contributed by atoms with Crippen LogP contribution in [-0.4, -0.2) is 15.0 Å². The summed E-state index contributed by atoms with van der Waals surface area (Å²) >= 11 is 13.4. The minimum atomic E-state index is -0.0888. The van der Waals surface area contributed by atoms with E-state index < -0.39 is 0 Å². The lowest BCUT2D eigenvalue weighted by Gasteiger charge is -2.05. The largest absolute Gasteiger partial charge is 0.243 e. The number of hydrogen-bond acceptors (Lipinski definition) is 3. The third-order valence-corrected chi connectivity index (χ3v) is 3.37. The van der Waals surface area contributed by atoms with E-state index in [-0.39, 0.29) is 5.38 Å². The summed E-state index contributed by atoms with van der Waals surface area (Å²) in [6.45, 7) is 2.56. The van der Waals surface area contributed by atoms with Crippen molar-refractivity contribution in [3.8, 4) is 0 Å². The van der Waals surface area contributed by atoms with Crippen molar-refractivity contribution in [1.82, 2.24) is 15.0 Å². The van der Waals surface area contributed by atoms with Crippen LogP contribution in [0.25, 0.3) is 0 Å². The Balaban J connectivity index is 2.20. The van der Waals surface area contributed by atoms with Crippen LogP contribution in [0, 0.1) is 0 Å². The molecule has 6 heteroatoms. The van der Waals surface area contributed by atoms with Gasteiger partial charge in [-0.05, 0) is 23.9 Å². The van der Waals surface area contributed by atoms with E-state index in [0.29, 0.717) is 6.54 Å². The van der Waals surface area contributed by atoms with Gasteiger partial charge in [0.1, 0.15) is 0 Å². The highest BCUT2D eigenvalue weighted by Gasteiger charge is 2.10. The highest BCUT2D eigenvalue weighted by atomic mass is 35.5. The SMILES string of the molecule is CC(Cl)c1cnnn1Cc1csc(Cl)c1. The molecule has 2 rings (SSSR count).